The molecule has 1 saturated carbocycles. The van der Waals surface area contributed by atoms with E-state index in [1.54, 1.807) is 11.0 Å². The smallest absolute Gasteiger partial charge is 0.315 e. The van der Waals surface area contributed by atoms with Gasteiger partial charge in [-0.25, -0.2) is 14.5 Å². The summed E-state index contributed by atoms with van der Waals surface area (Å²) < 4.78 is 7.30. The maximum atomic E-state index is 12.3. The molecule has 1 aliphatic heterocycles. The Morgan fingerprint density at radius 1 is 1.11 bits per heavy atom. The fraction of sp³-hybridized carbons (Fsp3) is 0.571. The predicted octanol–water partition coefficient (Wildman–Crippen LogP) is 2.87. The summed E-state index contributed by atoms with van der Waals surface area (Å²) in [7, 11) is 0. The maximum Gasteiger partial charge on any atom is 0.315 e. The second kappa shape index (κ2) is 8.73. The van der Waals surface area contributed by atoms with E-state index >= 15 is 0 Å². The third-order valence-electron chi connectivity index (χ3n) is 6.22. The summed E-state index contributed by atoms with van der Waals surface area (Å²) in [5.74, 6) is 0. The van der Waals surface area contributed by atoms with Crippen LogP contribution in [0.3, 0.4) is 0 Å². The van der Waals surface area contributed by atoms with Crippen molar-refractivity contribution < 1.29 is 9.53 Å². The summed E-state index contributed by atoms with van der Waals surface area (Å²) in [6.45, 7) is 3.03. The first-order valence-electron chi connectivity index (χ1n) is 10.2. The first-order chi connectivity index (χ1) is 13.7. The van der Waals surface area contributed by atoms with Crippen LogP contribution in [0.1, 0.15) is 49.7 Å². The summed E-state index contributed by atoms with van der Waals surface area (Å²) >= 11 is 0. The Hall–Kier alpha value is -2.41. The largest absolute Gasteiger partial charge is 0.381 e. The van der Waals surface area contributed by atoms with Gasteiger partial charge in [0.2, 0.25) is 0 Å². The molecule has 7 nitrogen and oxygen atoms in total. The molecule has 2 aliphatic rings. The highest BCUT2D eigenvalue weighted by atomic mass is 16.5. The summed E-state index contributed by atoms with van der Waals surface area (Å²) in [4.78, 5) is 16.2. The number of hydrogen-bond donors (Lipinski definition) is 2. The van der Waals surface area contributed by atoms with Crippen molar-refractivity contribution in [3.63, 3.8) is 0 Å². The van der Waals surface area contributed by atoms with Gasteiger partial charge in [-0.05, 0) is 55.1 Å². The van der Waals surface area contributed by atoms with E-state index < -0.39 is 0 Å². The third kappa shape index (κ3) is 4.90. The van der Waals surface area contributed by atoms with Gasteiger partial charge in [-0.3, -0.25) is 0 Å². The zero-order chi connectivity index (χ0) is 19.2. The number of urea groups is 1. The fourth-order valence-corrected chi connectivity index (χ4v) is 4.36. The number of amides is 2. The molecule has 4 rings (SSSR count). The Bertz CT molecular complexity index is 744. The van der Waals surface area contributed by atoms with Crippen LogP contribution in [-0.2, 0) is 17.8 Å². The van der Waals surface area contributed by atoms with E-state index in [4.69, 9.17) is 4.74 Å². The second-order valence-corrected chi connectivity index (χ2v) is 8.12. The minimum Gasteiger partial charge on any atom is -0.381 e. The molecule has 1 spiro atoms. The molecule has 7 heteroatoms. The number of aromatic nitrogens is 3. The van der Waals surface area contributed by atoms with Gasteiger partial charge in [0.15, 0.2) is 0 Å². The van der Waals surface area contributed by atoms with Crippen LogP contribution in [0.4, 0.5) is 4.79 Å². The average Bonchev–Trinajstić information content (AvgIpc) is 3.23. The molecule has 1 aromatic carbocycles. The van der Waals surface area contributed by atoms with Crippen LogP contribution in [0.25, 0.3) is 0 Å². The van der Waals surface area contributed by atoms with Gasteiger partial charge >= 0.3 is 6.03 Å². The first kappa shape index (κ1) is 18.9. The van der Waals surface area contributed by atoms with Crippen molar-refractivity contribution in [3.8, 4) is 0 Å². The lowest BCUT2D eigenvalue weighted by atomic mass is 9.68. The molecular weight excluding hydrogens is 354 g/mol. The number of nitrogens with zero attached hydrogens (tertiary/aromatic N) is 3. The molecule has 28 heavy (non-hydrogen) atoms. The van der Waals surface area contributed by atoms with Crippen molar-refractivity contribution >= 4 is 6.03 Å². The zero-order valence-electron chi connectivity index (χ0n) is 16.3. The van der Waals surface area contributed by atoms with Crippen molar-refractivity contribution in [1.82, 2.24) is 25.4 Å². The van der Waals surface area contributed by atoms with Crippen LogP contribution in [0.15, 0.2) is 36.9 Å². The summed E-state index contributed by atoms with van der Waals surface area (Å²) in [6.07, 6.45) is 10.1. The van der Waals surface area contributed by atoms with Crippen molar-refractivity contribution in [1.29, 1.82) is 0 Å². The van der Waals surface area contributed by atoms with Gasteiger partial charge in [0.05, 0.1) is 6.54 Å². The van der Waals surface area contributed by atoms with Gasteiger partial charge in [0, 0.05) is 25.8 Å². The van der Waals surface area contributed by atoms with Gasteiger partial charge in [0.25, 0.3) is 0 Å². The molecule has 1 aromatic heterocycles. The van der Waals surface area contributed by atoms with E-state index in [1.807, 2.05) is 12.1 Å². The molecule has 150 valence electrons. The van der Waals surface area contributed by atoms with Crippen molar-refractivity contribution in [2.75, 3.05) is 13.2 Å². The van der Waals surface area contributed by atoms with Crippen LogP contribution in [0.2, 0.25) is 0 Å². The highest BCUT2D eigenvalue weighted by Crippen LogP contribution is 2.44. The SMILES string of the molecule is O=C(NCc1ccc(Cn2cncn2)cc1)NC1CCC2(CCOCC2)CC1. The van der Waals surface area contributed by atoms with Gasteiger partial charge in [0.1, 0.15) is 12.7 Å². The number of carbonyl (C=O) groups excluding carboxylic acids is 1. The van der Waals surface area contributed by atoms with E-state index in [0.29, 0.717) is 24.5 Å². The minimum atomic E-state index is -0.0698. The Balaban J connectivity index is 1.18. The molecule has 0 bridgehead atoms. The molecule has 0 atom stereocenters. The molecule has 0 radical (unpaired) electrons. The first-order valence-corrected chi connectivity index (χ1v) is 10.2. The Morgan fingerprint density at radius 3 is 2.50 bits per heavy atom. The fourth-order valence-electron chi connectivity index (χ4n) is 4.36. The number of ether oxygens (including phenoxy) is 1. The Morgan fingerprint density at radius 2 is 1.82 bits per heavy atom. The summed E-state index contributed by atoms with van der Waals surface area (Å²) in [5, 5.41) is 10.2. The van der Waals surface area contributed by atoms with E-state index in [0.717, 1.165) is 37.2 Å². The minimum absolute atomic E-state index is 0.0698. The third-order valence-corrected chi connectivity index (χ3v) is 6.22. The van der Waals surface area contributed by atoms with Crippen molar-refractivity contribution in [2.45, 2.75) is 57.7 Å². The Kier molecular flexibility index (Phi) is 5.90. The highest BCUT2D eigenvalue weighted by molar-refractivity contribution is 5.74. The van der Waals surface area contributed by atoms with Gasteiger partial charge in [-0.15, -0.1) is 0 Å². The summed E-state index contributed by atoms with van der Waals surface area (Å²) in [6, 6.07) is 8.43. The molecule has 2 N–H and O–H groups in total. The van der Waals surface area contributed by atoms with Crippen molar-refractivity contribution in [3.05, 3.63) is 48.0 Å². The topological polar surface area (TPSA) is 81.1 Å². The van der Waals surface area contributed by atoms with Gasteiger partial charge in [-0.2, -0.15) is 5.10 Å². The van der Waals surface area contributed by atoms with E-state index in [1.165, 1.54) is 32.0 Å². The monoisotopic (exact) mass is 383 g/mol. The van der Waals surface area contributed by atoms with Crippen molar-refractivity contribution in [2.24, 2.45) is 5.41 Å². The molecule has 2 fully saturated rings. The number of nitrogens with one attached hydrogen (secondary N) is 2. The number of benzene rings is 1. The lowest BCUT2D eigenvalue weighted by Crippen LogP contribution is -2.45. The molecule has 1 saturated heterocycles. The van der Waals surface area contributed by atoms with Gasteiger partial charge < -0.3 is 15.4 Å². The highest BCUT2D eigenvalue weighted by Gasteiger charge is 2.36. The number of hydrogen-bond acceptors (Lipinski definition) is 4. The average molecular weight is 383 g/mol. The van der Waals surface area contributed by atoms with Crippen LogP contribution in [0, 0.1) is 5.41 Å². The number of rotatable bonds is 5. The molecular formula is C21H29N5O2. The van der Waals surface area contributed by atoms with Crippen LogP contribution in [-0.4, -0.2) is 40.1 Å². The molecule has 2 amide bonds. The van der Waals surface area contributed by atoms with E-state index in [9.17, 15) is 4.79 Å². The standard InChI is InChI=1S/C21H29N5O2/c27-20(25-19-5-7-21(8-6-19)9-11-28-12-10-21)23-13-17-1-3-18(4-2-17)14-26-16-22-15-24-26/h1-4,15-16,19H,5-14H2,(H2,23,25,27). The molecule has 0 unspecified atom stereocenters. The van der Waals surface area contributed by atoms with Crippen LogP contribution < -0.4 is 10.6 Å². The lowest BCUT2D eigenvalue weighted by molar-refractivity contribution is -0.00860. The second-order valence-electron chi connectivity index (χ2n) is 8.12. The van der Waals surface area contributed by atoms with E-state index in [-0.39, 0.29) is 6.03 Å². The summed E-state index contributed by atoms with van der Waals surface area (Å²) in [5.41, 5.74) is 2.71. The Labute approximate surface area is 165 Å². The van der Waals surface area contributed by atoms with Crippen LogP contribution in [0.5, 0.6) is 0 Å². The predicted molar refractivity (Wildman–Crippen MR) is 106 cm³/mol. The molecule has 2 aromatic rings. The maximum absolute atomic E-state index is 12.3. The van der Waals surface area contributed by atoms with Crippen LogP contribution >= 0.6 is 0 Å². The lowest BCUT2D eigenvalue weighted by Gasteiger charge is -2.42. The zero-order valence-corrected chi connectivity index (χ0v) is 16.3. The van der Waals surface area contributed by atoms with E-state index in [2.05, 4.69) is 32.8 Å². The number of carbonyl (C=O) groups is 1. The molecule has 1 aliphatic carbocycles. The molecule has 2 heterocycles. The van der Waals surface area contributed by atoms with Gasteiger partial charge in [-0.1, -0.05) is 24.3 Å². The normalized spacial score (nSPS) is 19.4. The quantitative estimate of drug-likeness (QED) is 0.832.